The number of nitrogens with zero attached hydrogens (tertiary/aromatic N) is 1. The van der Waals surface area contributed by atoms with Crippen molar-refractivity contribution in [2.24, 2.45) is 5.92 Å². The van der Waals surface area contributed by atoms with Crippen LogP contribution >= 0.6 is 11.6 Å². The summed E-state index contributed by atoms with van der Waals surface area (Å²) in [5.41, 5.74) is 0.730. The fraction of sp³-hybridized carbons (Fsp3) is 0.562. The Kier molecular flexibility index (Phi) is 6.77. The van der Waals surface area contributed by atoms with Crippen molar-refractivity contribution in [3.8, 4) is 0 Å². The summed E-state index contributed by atoms with van der Waals surface area (Å²) in [6.45, 7) is 2.46. The smallest absolute Gasteiger partial charge is 0.248 e. The van der Waals surface area contributed by atoms with E-state index in [-0.39, 0.29) is 29.6 Å². The summed E-state index contributed by atoms with van der Waals surface area (Å²) in [5.74, 6) is -0.561. The molecule has 0 aliphatic carbocycles. The van der Waals surface area contributed by atoms with Crippen LogP contribution < -0.4 is 5.32 Å². The Hall–Kier alpha value is -1.21. The van der Waals surface area contributed by atoms with Crippen LogP contribution in [0, 0.1) is 11.7 Å². The van der Waals surface area contributed by atoms with E-state index in [1.54, 1.807) is 18.0 Å². The second kappa shape index (κ2) is 8.59. The third-order valence-electron chi connectivity index (χ3n) is 3.89. The molecule has 23 heavy (non-hydrogen) atoms. The predicted molar refractivity (Wildman–Crippen MR) is 86.0 cm³/mol. The van der Waals surface area contributed by atoms with Gasteiger partial charge in [0, 0.05) is 39.7 Å². The lowest BCUT2D eigenvalue weighted by Gasteiger charge is -2.29. The van der Waals surface area contributed by atoms with Gasteiger partial charge in [-0.3, -0.25) is 4.79 Å². The zero-order chi connectivity index (χ0) is 16.8. The first-order chi connectivity index (χ1) is 11.0. The first kappa shape index (κ1) is 18.1. The molecule has 0 radical (unpaired) electrons. The molecule has 0 aromatic heterocycles. The number of carbonyl (C=O) groups is 1. The molecule has 1 N–H and O–H groups in total. The molecule has 0 unspecified atom stereocenters. The number of carbonyl (C=O) groups excluding carboxylic acids is 1. The maximum atomic E-state index is 13.8. The van der Waals surface area contributed by atoms with E-state index in [1.807, 2.05) is 0 Å². The molecule has 1 saturated heterocycles. The number of rotatable bonds is 5. The van der Waals surface area contributed by atoms with Crippen molar-refractivity contribution in [1.82, 2.24) is 10.2 Å². The van der Waals surface area contributed by atoms with Crippen LogP contribution in [0.5, 0.6) is 0 Å². The predicted octanol–water partition coefficient (Wildman–Crippen LogP) is 1.86. The molecule has 1 fully saturated rings. The van der Waals surface area contributed by atoms with Gasteiger partial charge in [0.25, 0.3) is 0 Å². The van der Waals surface area contributed by atoms with Crippen LogP contribution in [0.3, 0.4) is 0 Å². The number of benzene rings is 1. The molecule has 5 nitrogen and oxygen atoms in total. The Bertz CT molecular complexity index is 544. The van der Waals surface area contributed by atoms with E-state index in [1.165, 1.54) is 19.2 Å². The molecule has 1 aliphatic heterocycles. The quantitative estimate of drug-likeness (QED) is 0.886. The van der Waals surface area contributed by atoms with E-state index >= 15 is 0 Å². The highest BCUT2D eigenvalue weighted by Gasteiger charge is 2.28. The highest BCUT2D eigenvalue weighted by molar-refractivity contribution is 6.30. The number of hydrogen-bond donors (Lipinski definition) is 1. The Morgan fingerprint density at radius 3 is 3.04 bits per heavy atom. The van der Waals surface area contributed by atoms with Crippen LogP contribution in [-0.2, 0) is 14.3 Å². The average Bonchev–Trinajstić information content (AvgIpc) is 2.76. The van der Waals surface area contributed by atoms with Crippen LogP contribution in [-0.4, -0.2) is 57.8 Å². The molecule has 128 valence electrons. The Labute approximate surface area is 140 Å². The molecular weight excluding hydrogens is 323 g/mol. The van der Waals surface area contributed by atoms with E-state index in [0.717, 1.165) is 12.1 Å². The lowest BCUT2D eigenvalue weighted by Crippen LogP contribution is -2.39. The maximum absolute atomic E-state index is 13.8. The molecule has 0 saturated carbocycles. The second-order valence-corrected chi connectivity index (χ2v) is 6.04. The number of methoxy groups -OCH3 is 1. The number of halogens is 2. The maximum Gasteiger partial charge on any atom is 0.248 e. The minimum atomic E-state index is -0.465. The Morgan fingerprint density at radius 1 is 1.57 bits per heavy atom. The van der Waals surface area contributed by atoms with E-state index in [0.29, 0.717) is 19.7 Å². The van der Waals surface area contributed by atoms with Gasteiger partial charge in [-0.25, -0.2) is 4.39 Å². The molecule has 1 aliphatic rings. The fourth-order valence-electron chi connectivity index (χ4n) is 2.69. The standard InChI is InChI=1S/C16H22ClFN2O3/c1-20(15(21)10-22-2)9-12-8-19-5-6-23-16(12)11-3-4-13(17)14(18)7-11/h3-4,7,12,16,19H,5-6,8-10H2,1-2H3/t12-,16-/m0/s1. The van der Waals surface area contributed by atoms with Crippen molar-refractivity contribution >= 4 is 17.5 Å². The number of ether oxygens (including phenoxy) is 2. The normalized spacial score (nSPS) is 21.7. The molecule has 2 atom stereocenters. The average molecular weight is 345 g/mol. The summed E-state index contributed by atoms with van der Waals surface area (Å²) in [4.78, 5) is 13.5. The molecule has 0 spiro atoms. The van der Waals surface area contributed by atoms with E-state index in [4.69, 9.17) is 21.1 Å². The van der Waals surface area contributed by atoms with Crippen LogP contribution in [0.2, 0.25) is 5.02 Å². The Morgan fingerprint density at radius 2 is 2.35 bits per heavy atom. The summed E-state index contributed by atoms with van der Waals surface area (Å²) in [7, 11) is 3.22. The third kappa shape index (κ3) is 4.88. The van der Waals surface area contributed by atoms with Gasteiger partial charge in [-0.1, -0.05) is 17.7 Å². The molecule has 7 heteroatoms. The fourth-order valence-corrected chi connectivity index (χ4v) is 2.81. The highest BCUT2D eigenvalue weighted by Crippen LogP contribution is 2.30. The van der Waals surface area contributed by atoms with Crippen molar-refractivity contribution in [3.05, 3.63) is 34.6 Å². The van der Waals surface area contributed by atoms with Gasteiger partial charge in [0.15, 0.2) is 0 Å². The van der Waals surface area contributed by atoms with Crippen molar-refractivity contribution < 1.29 is 18.7 Å². The summed E-state index contributed by atoms with van der Waals surface area (Å²) in [6, 6.07) is 4.71. The topological polar surface area (TPSA) is 50.8 Å². The number of likely N-dealkylation sites (N-methyl/N-ethyl adjacent to an activating group) is 1. The van der Waals surface area contributed by atoms with Gasteiger partial charge in [-0.2, -0.15) is 0 Å². The van der Waals surface area contributed by atoms with Gasteiger partial charge in [0.05, 0.1) is 17.7 Å². The number of amides is 1. The third-order valence-corrected chi connectivity index (χ3v) is 4.19. The van der Waals surface area contributed by atoms with Gasteiger partial charge in [0.2, 0.25) is 5.91 Å². The van der Waals surface area contributed by atoms with Crippen molar-refractivity contribution in [2.75, 3.05) is 47.0 Å². The number of nitrogens with one attached hydrogen (secondary N) is 1. The van der Waals surface area contributed by atoms with E-state index in [2.05, 4.69) is 5.32 Å². The molecule has 1 amide bonds. The zero-order valence-corrected chi connectivity index (χ0v) is 14.1. The molecule has 1 heterocycles. The Balaban J connectivity index is 2.16. The van der Waals surface area contributed by atoms with E-state index in [9.17, 15) is 9.18 Å². The van der Waals surface area contributed by atoms with Crippen LogP contribution in [0.1, 0.15) is 11.7 Å². The van der Waals surface area contributed by atoms with Gasteiger partial charge >= 0.3 is 0 Å². The molecule has 1 aromatic carbocycles. The summed E-state index contributed by atoms with van der Waals surface area (Å²) < 4.78 is 24.5. The SMILES string of the molecule is COCC(=O)N(C)C[C@@H]1CNCCO[C@H]1c1ccc(Cl)c(F)c1. The largest absolute Gasteiger partial charge is 0.375 e. The lowest BCUT2D eigenvalue weighted by atomic mass is 9.94. The first-order valence-corrected chi connectivity index (χ1v) is 7.91. The summed E-state index contributed by atoms with van der Waals surface area (Å²) in [6.07, 6.45) is -0.297. The van der Waals surface area contributed by atoms with Crippen molar-refractivity contribution in [2.45, 2.75) is 6.10 Å². The highest BCUT2D eigenvalue weighted by atomic mass is 35.5. The van der Waals surface area contributed by atoms with Gasteiger partial charge in [0.1, 0.15) is 12.4 Å². The minimum absolute atomic E-state index is 0.00359. The summed E-state index contributed by atoms with van der Waals surface area (Å²) in [5, 5.41) is 3.37. The van der Waals surface area contributed by atoms with Crippen molar-refractivity contribution in [1.29, 1.82) is 0 Å². The van der Waals surface area contributed by atoms with Crippen LogP contribution in [0.15, 0.2) is 18.2 Å². The second-order valence-electron chi connectivity index (χ2n) is 5.64. The van der Waals surface area contributed by atoms with Gasteiger partial charge in [-0.05, 0) is 17.7 Å². The van der Waals surface area contributed by atoms with Crippen LogP contribution in [0.25, 0.3) is 0 Å². The molecule has 2 rings (SSSR count). The monoisotopic (exact) mass is 344 g/mol. The van der Waals surface area contributed by atoms with Crippen molar-refractivity contribution in [3.63, 3.8) is 0 Å². The van der Waals surface area contributed by atoms with Gasteiger partial charge < -0.3 is 19.7 Å². The molecule has 1 aromatic rings. The van der Waals surface area contributed by atoms with Gasteiger partial charge in [-0.15, -0.1) is 0 Å². The zero-order valence-electron chi connectivity index (χ0n) is 13.4. The number of hydrogen-bond acceptors (Lipinski definition) is 4. The lowest BCUT2D eigenvalue weighted by molar-refractivity contribution is -0.135. The van der Waals surface area contributed by atoms with Crippen LogP contribution in [0.4, 0.5) is 4.39 Å². The minimum Gasteiger partial charge on any atom is -0.375 e. The van der Waals surface area contributed by atoms with E-state index < -0.39 is 5.82 Å². The summed E-state index contributed by atoms with van der Waals surface area (Å²) >= 11 is 5.75. The first-order valence-electron chi connectivity index (χ1n) is 7.53. The molecule has 0 bridgehead atoms. The molecular formula is C16H22ClFN2O3.